The lowest BCUT2D eigenvalue weighted by Crippen LogP contribution is -1.94. The fraction of sp³-hybridized carbons (Fsp3) is 0.375. The molecule has 10 heavy (non-hydrogen) atoms. The lowest BCUT2D eigenvalue weighted by molar-refractivity contribution is 0.0981. The van der Waals surface area contributed by atoms with E-state index in [0.717, 1.165) is 6.42 Å². The molecule has 0 N–H and O–H groups in total. The molecule has 0 aliphatic heterocycles. The van der Waals surface area contributed by atoms with Crippen LogP contribution in [0.1, 0.15) is 30.1 Å². The maximum absolute atomic E-state index is 11.0. The molecular weight excluding hydrogens is 128 g/mol. The summed E-state index contributed by atoms with van der Waals surface area (Å²) in [4.78, 5) is 11.0. The van der Waals surface area contributed by atoms with Crippen molar-refractivity contribution in [2.24, 2.45) is 0 Å². The van der Waals surface area contributed by atoms with Crippen LogP contribution < -0.4 is 0 Å². The molecule has 1 heterocycles. The van der Waals surface area contributed by atoms with Gasteiger partial charge in [0.15, 0.2) is 5.78 Å². The molecule has 0 aromatic carbocycles. The first-order valence-electron chi connectivity index (χ1n) is 3.40. The Morgan fingerprint density at radius 1 is 1.70 bits per heavy atom. The number of furan rings is 1. The second kappa shape index (κ2) is 3.20. The summed E-state index contributed by atoms with van der Waals surface area (Å²) in [5.74, 6) is 0.163. The zero-order valence-corrected chi connectivity index (χ0v) is 5.96. The second-order valence-corrected chi connectivity index (χ2v) is 2.19. The monoisotopic (exact) mass is 138 g/mol. The highest BCUT2D eigenvalue weighted by molar-refractivity contribution is 5.95. The Bertz CT molecular complexity index is 199. The minimum Gasteiger partial charge on any atom is -0.472 e. The lowest BCUT2D eigenvalue weighted by Gasteiger charge is -1.89. The third-order valence-corrected chi connectivity index (χ3v) is 1.32. The number of hydrogen-bond donors (Lipinski definition) is 0. The van der Waals surface area contributed by atoms with Crippen LogP contribution in [0.4, 0.5) is 0 Å². The van der Waals surface area contributed by atoms with E-state index in [9.17, 15) is 4.79 Å². The Hall–Kier alpha value is -1.05. The number of hydrogen-bond acceptors (Lipinski definition) is 2. The van der Waals surface area contributed by atoms with Gasteiger partial charge in [-0.2, -0.15) is 0 Å². The van der Waals surface area contributed by atoms with Gasteiger partial charge in [0, 0.05) is 6.42 Å². The van der Waals surface area contributed by atoms with Gasteiger partial charge in [0.05, 0.1) is 11.8 Å². The van der Waals surface area contributed by atoms with Crippen molar-refractivity contribution < 1.29 is 9.21 Å². The van der Waals surface area contributed by atoms with Crippen molar-refractivity contribution >= 4 is 5.78 Å². The van der Waals surface area contributed by atoms with Crippen molar-refractivity contribution in [3.63, 3.8) is 0 Å². The van der Waals surface area contributed by atoms with E-state index in [1.807, 2.05) is 6.92 Å². The summed E-state index contributed by atoms with van der Waals surface area (Å²) in [6.07, 6.45) is 4.50. The van der Waals surface area contributed by atoms with Gasteiger partial charge in [0.25, 0.3) is 0 Å². The van der Waals surface area contributed by atoms with Crippen LogP contribution in [0.2, 0.25) is 0 Å². The quantitative estimate of drug-likeness (QED) is 0.600. The highest BCUT2D eigenvalue weighted by Crippen LogP contribution is 2.04. The van der Waals surface area contributed by atoms with Crippen molar-refractivity contribution in [3.05, 3.63) is 24.2 Å². The molecule has 0 radical (unpaired) electrons. The summed E-state index contributed by atoms with van der Waals surface area (Å²) >= 11 is 0. The fourth-order valence-electron chi connectivity index (χ4n) is 0.795. The van der Waals surface area contributed by atoms with Gasteiger partial charge in [-0.15, -0.1) is 0 Å². The van der Waals surface area contributed by atoms with Gasteiger partial charge in [-0.05, 0) is 12.5 Å². The highest BCUT2D eigenvalue weighted by Gasteiger charge is 2.03. The van der Waals surface area contributed by atoms with E-state index in [2.05, 4.69) is 0 Å². The molecule has 0 amide bonds. The van der Waals surface area contributed by atoms with Crippen LogP contribution >= 0.6 is 0 Å². The number of rotatable bonds is 3. The van der Waals surface area contributed by atoms with E-state index < -0.39 is 0 Å². The fourth-order valence-corrected chi connectivity index (χ4v) is 0.795. The SMILES string of the molecule is CCCC(=O)c1ccoc1. The summed E-state index contributed by atoms with van der Waals surface area (Å²) in [5.41, 5.74) is 0.682. The molecule has 1 aromatic rings. The minimum atomic E-state index is 0.163. The van der Waals surface area contributed by atoms with Crippen molar-refractivity contribution in [3.8, 4) is 0 Å². The van der Waals surface area contributed by atoms with E-state index in [4.69, 9.17) is 4.42 Å². The van der Waals surface area contributed by atoms with Gasteiger partial charge in [-0.3, -0.25) is 4.79 Å². The molecule has 1 aromatic heterocycles. The normalized spacial score (nSPS) is 9.70. The Morgan fingerprint density at radius 2 is 2.50 bits per heavy atom. The van der Waals surface area contributed by atoms with Crippen LogP contribution in [0.25, 0.3) is 0 Å². The van der Waals surface area contributed by atoms with Gasteiger partial charge in [0.2, 0.25) is 0 Å². The third kappa shape index (κ3) is 1.47. The molecule has 1 rings (SSSR count). The van der Waals surface area contributed by atoms with Gasteiger partial charge < -0.3 is 4.42 Å². The molecule has 0 spiro atoms. The molecule has 0 fully saturated rings. The van der Waals surface area contributed by atoms with Crippen LogP contribution in [-0.2, 0) is 0 Å². The van der Waals surface area contributed by atoms with Crippen LogP contribution in [0, 0.1) is 0 Å². The lowest BCUT2D eigenvalue weighted by atomic mass is 10.1. The second-order valence-electron chi connectivity index (χ2n) is 2.19. The van der Waals surface area contributed by atoms with Crippen molar-refractivity contribution in [1.82, 2.24) is 0 Å². The number of carbonyl (C=O) groups excluding carboxylic acids is 1. The average Bonchev–Trinajstić information content (AvgIpc) is 2.38. The zero-order valence-electron chi connectivity index (χ0n) is 5.96. The van der Waals surface area contributed by atoms with E-state index >= 15 is 0 Å². The largest absolute Gasteiger partial charge is 0.472 e. The summed E-state index contributed by atoms with van der Waals surface area (Å²) in [6.45, 7) is 1.98. The van der Waals surface area contributed by atoms with Crippen LogP contribution in [0.15, 0.2) is 23.0 Å². The van der Waals surface area contributed by atoms with Crippen molar-refractivity contribution in [2.45, 2.75) is 19.8 Å². The number of ketones is 1. The van der Waals surface area contributed by atoms with E-state index in [1.54, 1.807) is 6.07 Å². The highest BCUT2D eigenvalue weighted by atomic mass is 16.3. The molecule has 0 unspecified atom stereocenters. The predicted octanol–water partition coefficient (Wildman–Crippen LogP) is 2.26. The standard InChI is InChI=1S/C8H10O2/c1-2-3-8(9)7-4-5-10-6-7/h4-6H,2-3H2,1H3. The number of carbonyl (C=O) groups is 1. The maximum atomic E-state index is 11.0. The molecule has 2 heteroatoms. The number of Topliss-reactive ketones (excluding diaryl/α,β-unsaturated/α-hetero) is 1. The molecule has 2 nitrogen and oxygen atoms in total. The Balaban J connectivity index is 2.59. The molecule has 0 saturated heterocycles. The minimum absolute atomic E-state index is 0.163. The van der Waals surface area contributed by atoms with Gasteiger partial charge >= 0.3 is 0 Å². The van der Waals surface area contributed by atoms with Gasteiger partial charge in [-0.1, -0.05) is 6.92 Å². The maximum Gasteiger partial charge on any atom is 0.166 e. The summed E-state index contributed by atoms with van der Waals surface area (Å²) < 4.78 is 4.76. The molecule has 0 aliphatic rings. The van der Waals surface area contributed by atoms with E-state index in [-0.39, 0.29) is 5.78 Å². The van der Waals surface area contributed by atoms with Crippen molar-refractivity contribution in [2.75, 3.05) is 0 Å². The molecule has 0 bridgehead atoms. The van der Waals surface area contributed by atoms with Crippen LogP contribution in [-0.4, -0.2) is 5.78 Å². The van der Waals surface area contributed by atoms with Gasteiger partial charge in [-0.25, -0.2) is 0 Å². The van der Waals surface area contributed by atoms with Crippen molar-refractivity contribution in [1.29, 1.82) is 0 Å². The van der Waals surface area contributed by atoms with Crippen LogP contribution in [0.3, 0.4) is 0 Å². The molecule has 54 valence electrons. The average molecular weight is 138 g/mol. The molecule has 0 aliphatic carbocycles. The Morgan fingerprint density at radius 3 is 3.00 bits per heavy atom. The Labute approximate surface area is 59.8 Å². The summed E-state index contributed by atoms with van der Waals surface area (Å²) in [6, 6.07) is 1.69. The topological polar surface area (TPSA) is 30.2 Å². The first-order valence-corrected chi connectivity index (χ1v) is 3.40. The van der Waals surface area contributed by atoms with E-state index in [1.165, 1.54) is 12.5 Å². The van der Waals surface area contributed by atoms with Crippen LogP contribution in [0.5, 0.6) is 0 Å². The first kappa shape index (κ1) is 7.06. The predicted molar refractivity (Wildman–Crippen MR) is 37.9 cm³/mol. The Kier molecular flexibility index (Phi) is 2.26. The smallest absolute Gasteiger partial charge is 0.166 e. The zero-order chi connectivity index (χ0) is 7.40. The molecule has 0 saturated carbocycles. The molecular formula is C8H10O2. The van der Waals surface area contributed by atoms with Gasteiger partial charge in [0.1, 0.15) is 6.26 Å². The molecule has 0 atom stereocenters. The first-order chi connectivity index (χ1) is 4.84. The summed E-state index contributed by atoms with van der Waals surface area (Å²) in [7, 11) is 0. The van der Waals surface area contributed by atoms with E-state index in [0.29, 0.717) is 12.0 Å². The summed E-state index contributed by atoms with van der Waals surface area (Å²) in [5, 5.41) is 0. The third-order valence-electron chi connectivity index (χ3n) is 1.32.